The number of non-ortho nitro benzene ring substituents is 1. The molecule has 0 radical (unpaired) electrons. The van der Waals surface area contributed by atoms with Gasteiger partial charge in [-0.15, -0.1) is 0 Å². The van der Waals surface area contributed by atoms with E-state index >= 15 is 0 Å². The van der Waals surface area contributed by atoms with Crippen LogP contribution < -0.4 is 10.2 Å². The number of hydrazone groups is 1. The molecule has 1 N–H and O–H groups in total. The predicted octanol–water partition coefficient (Wildman–Crippen LogP) is 2.96. The first-order chi connectivity index (χ1) is 11.0. The highest BCUT2D eigenvalue weighted by Crippen LogP contribution is 2.28. The Bertz CT molecular complexity index is 758. The smallest absolute Gasteiger partial charge is 0.301 e. The standard InChI is InChI=1S/C14H12N4O5/c1-23-12-5-2-10(3-6-12)9-15-16-13-7-4-11(17(19)20)8-14(13)18(21)22/h2-9,16H,1H3/b15-9+. The van der Waals surface area contributed by atoms with Crippen molar-refractivity contribution in [3.63, 3.8) is 0 Å². The maximum absolute atomic E-state index is 11.0. The molecule has 2 aromatic carbocycles. The predicted molar refractivity (Wildman–Crippen MR) is 84.0 cm³/mol. The van der Waals surface area contributed by atoms with Gasteiger partial charge in [-0.1, -0.05) is 0 Å². The molecule has 0 atom stereocenters. The molecule has 9 nitrogen and oxygen atoms in total. The highest BCUT2D eigenvalue weighted by atomic mass is 16.6. The normalized spacial score (nSPS) is 10.5. The highest BCUT2D eigenvalue weighted by molar-refractivity contribution is 5.80. The minimum atomic E-state index is -0.710. The zero-order chi connectivity index (χ0) is 16.8. The largest absolute Gasteiger partial charge is 0.497 e. The first-order valence-corrected chi connectivity index (χ1v) is 6.37. The molecule has 2 rings (SSSR count). The summed E-state index contributed by atoms with van der Waals surface area (Å²) in [6, 6.07) is 10.3. The summed E-state index contributed by atoms with van der Waals surface area (Å²) < 4.78 is 5.03. The number of nitro groups is 2. The number of hydrogen-bond acceptors (Lipinski definition) is 7. The third-order valence-electron chi connectivity index (χ3n) is 2.90. The van der Waals surface area contributed by atoms with Crippen LogP contribution in [0.4, 0.5) is 17.1 Å². The molecule has 0 amide bonds. The fraction of sp³-hybridized carbons (Fsp3) is 0.0714. The van der Waals surface area contributed by atoms with Crippen molar-refractivity contribution >= 4 is 23.3 Å². The minimum Gasteiger partial charge on any atom is -0.497 e. The maximum atomic E-state index is 11.0. The van der Waals surface area contributed by atoms with Crippen molar-refractivity contribution in [1.29, 1.82) is 0 Å². The summed E-state index contributed by atoms with van der Waals surface area (Å²) in [6.07, 6.45) is 1.46. The first-order valence-electron chi connectivity index (χ1n) is 6.37. The Balaban J connectivity index is 2.17. The number of benzene rings is 2. The van der Waals surface area contributed by atoms with E-state index in [1.807, 2.05) is 0 Å². The number of rotatable bonds is 6. The molecule has 0 heterocycles. The van der Waals surface area contributed by atoms with E-state index in [4.69, 9.17) is 4.74 Å². The highest BCUT2D eigenvalue weighted by Gasteiger charge is 2.18. The van der Waals surface area contributed by atoms with Gasteiger partial charge in [-0.25, -0.2) is 0 Å². The van der Waals surface area contributed by atoms with Crippen molar-refractivity contribution in [3.05, 3.63) is 68.3 Å². The van der Waals surface area contributed by atoms with E-state index in [0.29, 0.717) is 5.75 Å². The zero-order valence-corrected chi connectivity index (χ0v) is 12.0. The van der Waals surface area contributed by atoms with Gasteiger partial charge in [0.15, 0.2) is 0 Å². The molecule has 0 aromatic heterocycles. The van der Waals surface area contributed by atoms with E-state index in [1.54, 1.807) is 31.4 Å². The van der Waals surface area contributed by atoms with Gasteiger partial charge in [0, 0.05) is 6.07 Å². The summed E-state index contributed by atoms with van der Waals surface area (Å²) in [5, 5.41) is 25.5. The fourth-order valence-electron chi connectivity index (χ4n) is 1.75. The van der Waals surface area contributed by atoms with Crippen LogP contribution in [0.5, 0.6) is 5.75 Å². The van der Waals surface area contributed by atoms with E-state index < -0.39 is 15.5 Å². The SMILES string of the molecule is COc1ccc(/C=N/Nc2ccc([N+](=O)[O-])cc2[N+](=O)[O-])cc1. The van der Waals surface area contributed by atoms with Gasteiger partial charge in [0.2, 0.25) is 0 Å². The molecule has 0 bridgehead atoms. The Morgan fingerprint density at radius 2 is 1.78 bits per heavy atom. The van der Waals surface area contributed by atoms with E-state index in [0.717, 1.165) is 17.7 Å². The van der Waals surface area contributed by atoms with Crippen molar-refractivity contribution in [2.75, 3.05) is 12.5 Å². The Hall–Kier alpha value is -3.49. The van der Waals surface area contributed by atoms with Gasteiger partial charge in [0.25, 0.3) is 5.69 Å². The monoisotopic (exact) mass is 316 g/mol. The van der Waals surface area contributed by atoms with Crippen molar-refractivity contribution in [2.24, 2.45) is 5.10 Å². The Morgan fingerprint density at radius 3 is 2.35 bits per heavy atom. The van der Waals surface area contributed by atoms with Gasteiger partial charge in [-0.3, -0.25) is 25.7 Å². The molecule has 0 saturated carbocycles. The second-order valence-electron chi connectivity index (χ2n) is 4.36. The molecule has 118 valence electrons. The van der Waals surface area contributed by atoms with Crippen molar-refractivity contribution in [1.82, 2.24) is 0 Å². The molecule has 0 unspecified atom stereocenters. The molecule has 0 spiro atoms. The average Bonchev–Trinajstić information content (AvgIpc) is 2.55. The lowest BCUT2D eigenvalue weighted by Gasteiger charge is -2.02. The van der Waals surface area contributed by atoms with Gasteiger partial charge in [0.05, 0.1) is 29.2 Å². The second-order valence-corrected chi connectivity index (χ2v) is 4.36. The van der Waals surface area contributed by atoms with Crippen LogP contribution in [0, 0.1) is 20.2 Å². The van der Waals surface area contributed by atoms with Gasteiger partial charge in [-0.05, 0) is 35.9 Å². The number of anilines is 1. The minimum absolute atomic E-state index is 0.0605. The first kappa shape index (κ1) is 15.9. The summed E-state index contributed by atoms with van der Waals surface area (Å²) in [7, 11) is 1.55. The van der Waals surface area contributed by atoms with E-state index in [1.165, 1.54) is 12.3 Å². The summed E-state index contributed by atoms with van der Waals surface area (Å²) >= 11 is 0. The topological polar surface area (TPSA) is 120 Å². The van der Waals surface area contributed by atoms with Crippen LogP contribution in [-0.2, 0) is 0 Å². The van der Waals surface area contributed by atoms with Crippen molar-refractivity contribution in [3.8, 4) is 5.75 Å². The molecule has 0 aliphatic heterocycles. The lowest BCUT2D eigenvalue weighted by molar-refractivity contribution is -0.393. The van der Waals surface area contributed by atoms with Gasteiger partial charge >= 0.3 is 5.69 Å². The van der Waals surface area contributed by atoms with Crippen LogP contribution in [0.3, 0.4) is 0 Å². The maximum Gasteiger partial charge on any atom is 0.301 e. The lowest BCUT2D eigenvalue weighted by Crippen LogP contribution is -1.98. The van der Waals surface area contributed by atoms with Crippen LogP contribution in [0.1, 0.15) is 5.56 Å². The lowest BCUT2D eigenvalue weighted by atomic mass is 10.2. The van der Waals surface area contributed by atoms with Gasteiger partial charge in [0.1, 0.15) is 11.4 Å². The van der Waals surface area contributed by atoms with E-state index in [2.05, 4.69) is 10.5 Å². The average molecular weight is 316 g/mol. The molecule has 0 aliphatic carbocycles. The zero-order valence-electron chi connectivity index (χ0n) is 12.0. The van der Waals surface area contributed by atoms with Crippen LogP contribution >= 0.6 is 0 Å². The summed E-state index contributed by atoms with van der Waals surface area (Å²) in [5.41, 5.74) is 2.54. The number of methoxy groups -OCH3 is 1. The number of hydrogen-bond donors (Lipinski definition) is 1. The Kier molecular flexibility index (Phi) is 4.82. The number of nitrogens with one attached hydrogen (secondary N) is 1. The van der Waals surface area contributed by atoms with Gasteiger partial charge in [-0.2, -0.15) is 5.10 Å². The van der Waals surface area contributed by atoms with Gasteiger partial charge < -0.3 is 4.74 Å². The quantitative estimate of drug-likeness (QED) is 0.497. The van der Waals surface area contributed by atoms with Crippen LogP contribution in [0.2, 0.25) is 0 Å². The Morgan fingerprint density at radius 1 is 1.09 bits per heavy atom. The third kappa shape index (κ3) is 4.00. The fourth-order valence-corrected chi connectivity index (χ4v) is 1.75. The van der Waals surface area contributed by atoms with Crippen molar-refractivity contribution in [2.45, 2.75) is 0 Å². The molecule has 9 heteroatoms. The van der Waals surface area contributed by atoms with Crippen LogP contribution in [0.15, 0.2) is 47.6 Å². The number of nitro benzene ring substituents is 2. The molecule has 0 fully saturated rings. The Labute approximate surface area is 130 Å². The number of ether oxygens (including phenoxy) is 1. The molecule has 0 aliphatic rings. The third-order valence-corrected chi connectivity index (χ3v) is 2.90. The van der Waals surface area contributed by atoms with Crippen LogP contribution in [0.25, 0.3) is 0 Å². The molecular weight excluding hydrogens is 304 g/mol. The molecule has 0 saturated heterocycles. The summed E-state index contributed by atoms with van der Waals surface area (Å²) in [6.45, 7) is 0. The van der Waals surface area contributed by atoms with E-state index in [-0.39, 0.29) is 11.4 Å². The van der Waals surface area contributed by atoms with Crippen LogP contribution in [-0.4, -0.2) is 23.2 Å². The van der Waals surface area contributed by atoms with Crippen molar-refractivity contribution < 1.29 is 14.6 Å². The molecule has 2 aromatic rings. The number of nitrogens with zero attached hydrogens (tertiary/aromatic N) is 3. The van der Waals surface area contributed by atoms with E-state index in [9.17, 15) is 20.2 Å². The molecular formula is C14H12N4O5. The summed E-state index contributed by atoms with van der Waals surface area (Å²) in [4.78, 5) is 20.2. The second kappa shape index (κ2) is 6.98. The molecule has 23 heavy (non-hydrogen) atoms. The summed E-state index contributed by atoms with van der Waals surface area (Å²) in [5.74, 6) is 0.695.